The lowest BCUT2D eigenvalue weighted by Gasteiger charge is -2.12. The molecule has 0 bridgehead atoms. The maximum Gasteiger partial charge on any atom is 0.293 e. The molecule has 2 aromatic rings. The van der Waals surface area contributed by atoms with Gasteiger partial charge in [0.2, 0.25) is 0 Å². The van der Waals surface area contributed by atoms with Crippen molar-refractivity contribution in [3.05, 3.63) is 80.2 Å². The molecule has 0 radical (unpaired) electrons. The summed E-state index contributed by atoms with van der Waals surface area (Å²) in [6.45, 7) is 2.18. The fourth-order valence-electron chi connectivity index (χ4n) is 2.47. The molecule has 1 heterocycles. The average Bonchev–Trinajstić information content (AvgIpc) is 2.83. The third-order valence-corrected chi connectivity index (χ3v) is 4.61. The van der Waals surface area contributed by atoms with Gasteiger partial charge >= 0.3 is 0 Å². The molecule has 3 rings (SSSR count). The van der Waals surface area contributed by atoms with Crippen LogP contribution < -0.4 is 0 Å². The Labute approximate surface area is 148 Å². The highest BCUT2D eigenvalue weighted by Gasteiger charge is 2.34. The first-order valence-corrected chi connectivity index (χ1v) is 8.31. The normalized spacial score (nSPS) is 15.9. The first-order valence-electron chi connectivity index (χ1n) is 7.49. The topological polar surface area (TPSA) is 80.5 Å². The third-order valence-electron chi connectivity index (χ3n) is 3.70. The van der Waals surface area contributed by atoms with Crippen molar-refractivity contribution in [2.24, 2.45) is 0 Å². The predicted octanol–water partition coefficient (Wildman–Crippen LogP) is 4.14. The van der Waals surface area contributed by atoms with Crippen LogP contribution in [0.4, 0.5) is 10.5 Å². The molecule has 0 N–H and O–H groups in total. The number of rotatable bonds is 4. The summed E-state index contributed by atoms with van der Waals surface area (Å²) in [6.07, 6.45) is 1.57. The van der Waals surface area contributed by atoms with Gasteiger partial charge in [0, 0.05) is 12.1 Å². The zero-order valence-corrected chi connectivity index (χ0v) is 14.2. The van der Waals surface area contributed by atoms with Crippen LogP contribution in [0.15, 0.2) is 53.4 Å². The summed E-state index contributed by atoms with van der Waals surface area (Å²) in [6, 6.07) is 13.5. The van der Waals surface area contributed by atoms with Crippen molar-refractivity contribution in [2.75, 3.05) is 0 Å². The molecule has 1 aliphatic heterocycles. The molecule has 1 fully saturated rings. The van der Waals surface area contributed by atoms with Crippen molar-refractivity contribution < 1.29 is 14.5 Å². The van der Waals surface area contributed by atoms with Gasteiger partial charge in [-0.2, -0.15) is 0 Å². The number of carbonyl (C=O) groups excluding carboxylic acids is 2. The number of nitro benzene ring substituents is 1. The summed E-state index contributed by atoms with van der Waals surface area (Å²) in [4.78, 5) is 36.4. The van der Waals surface area contributed by atoms with Gasteiger partial charge in [-0.25, -0.2) is 0 Å². The Kier molecular flexibility index (Phi) is 4.67. The van der Waals surface area contributed by atoms with Crippen LogP contribution in [0.25, 0.3) is 6.08 Å². The molecule has 0 unspecified atom stereocenters. The Bertz CT molecular complexity index is 890. The van der Waals surface area contributed by atoms with Crippen LogP contribution in [0.1, 0.15) is 16.7 Å². The maximum absolute atomic E-state index is 12.5. The van der Waals surface area contributed by atoms with E-state index in [4.69, 9.17) is 0 Å². The first kappa shape index (κ1) is 16.9. The van der Waals surface area contributed by atoms with Gasteiger partial charge in [0.05, 0.1) is 16.4 Å². The van der Waals surface area contributed by atoms with Crippen LogP contribution >= 0.6 is 11.8 Å². The molecule has 2 amide bonds. The van der Waals surface area contributed by atoms with E-state index < -0.39 is 4.92 Å². The smallest absolute Gasteiger partial charge is 0.268 e. The van der Waals surface area contributed by atoms with E-state index in [2.05, 4.69) is 0 Å². The Morgan fingerprint density at radius 3 is 2.52 bits per heavy atom. The largest absolute Gasteiger partial charge is 0.293 e. The second-order valence-electron chi connectivity index (χ2n) is 5.61. The lowest BCUT2D eigenvalue weighted by Crippen LogP contribution is -2.27. The van der Waals surface area contributed by atoms with Gasteiger partial charge in [-0.15, -0.1) is 0 Å². The summed E-state index contributed by atoms with van der Waals surface area (Å²) < 4.78 is 0. The predicted molar refractivity (Wildman–Crippen MR) is 95.8 cm³/mol. The molecule has 0 atom stereocenters. The summed E-state index contributed by atoms with van der Waals surface area (Å²) >= 11 is 0.875. The minimum absolute atomic E-state index is 0.0234. The van der Waals surface area contributed by atoms with Crippen LogP contribution in [-0.2, 0) is 11.3 Å². The van der Waals surface area contributed by atoms with Crippen molar-refractivity contribution in [1.82, 2.24) is 4.90 Å². The van der Waals surface area contributed by atoms with Crippen LogP contribution in [0.3, 0.4) is 0 Å². The second kappa shape index (κ2) is 6.90. The number of hydrogen-bond donors (Lipinski definition) is 0. The number of imide groups is 1. The number of non-ortho nitro benzene ring substituents is 1. The van der Waals surface area contributed by atoms with Crippen LogP contribution in [0.2, 0.25) is 0 Å². The number of benzene rings is 2. The molecule has 2 aromatic carbocycles. The van der Waals surface area contributed by atoms with E-state index in [1.54, 1.807) is 18.2 Å². The van der Waals surface area contributed by atoms with E-state index in [1.165, 1.54) is 17.0 Å². The van der Waals surface area contributed by atoms with Gasteiger partial charge in [-0.05, 0) is 48.0 Å². The zero-order chi connectivity index (χ0) is 18.0. The highest BCUT2D eigenvalue weighted by molar-refractivity contribution is 8.18. The maximum atomic E-state index is 12.5. The van der Waals surface area contributed by atoms with Crippen molar-refractivity contribution in [3.8, 4) is 0 Å². The lowest BCUT2D eigenvalue weighted by atomic mass is 10.1. The number of aryl methyl sites for hydroxylation is 1. The Morgan fingerprint density at radius 1 is 1.16 bits per heavy atom. The summed E-state index contributed by atoms with van der Waals surface area (Å²) in [7, 11) is 0. The lowest BCUT2D eigenvalue weighted by molar-refractivity contribution is -0.384. The molecule has 0 spiro atoms. The molecule has 0 aromatic heterocycles. The van der Waals surface area contributed by atoms with Gasteiger partial charge in [-0.3, -0.25) is 24.6 Å². The molecule has 6 nitrogen and oxygen atoms in total. The van der Waals surface area contributed by atoms with Crippen molar-refractivity contribution in [1.29, 1.82) is 0 Å². The minimum Gasteiger partial charge on any atom is -0.268 e. The van der Waals surface area contributed by atoms with Gasteiger partial charge in [0.1, 0.15) is 0 Å². The standard InChI is InChI=1S/C18H14N2O4S/c1-12-3-2-4-14(9-12)11-19-17(21)16(25-18(19)22)10-13-5-7-15(8-6-13)20(23)24/h2-10H,11H2,1H3/b16-10-. The molecular formula is C18H14N2O4S. The van der Waals surface area contributed by atoms with Gasteiger partial charge in [0.25, 0.3) is 16.8 Å². The number of thioether (sulfide) groups is 1. The number of nitrogens with zero attached hydrogens (tertiary/aromatic N) is 2. The van der Waals surface area contributed by atoms with Crippen LogP contribution in [0, 0.1) is 17.0 Å². The average molecular weight is 354 g/mol. The number of amides is 2. The quantitative estimate of drug-likeness (QED) is 0.468. The molecule has 25 heavy (non-hydrogen) atoms. The molecule has 0 saturated carbocycles. The number of nitro groups is 1. The van der Waals surface area contributed by atoms with E-state index in [9.17, 15) is 19.7 Å². The molecule has 7 heteroatoms. The van der Waals surface area contributed by atoms with Crippen molar-refractivity contribution in [3.63, 3.8) is 0 Å². The van der Waals surface area contributed by atoms with Gasteiger partial charge < -0.3 is 0 Å². The fourth-order valence-corrected chi connectivity index (χ4v) is 3.31. The van der Waals surface area contributed by atoms with E-state index in [1.807, 2.05) is 31.2 Å². The first-order chi connectivity index (χ1) is 11.9. The molecule has 126 valence electrons. The van der Waals surface area contributed by atoms with E-state index in [-0.39, 0.29) is 23.4 Å². The minimum atomic E-state index is -0.487. The van der Waals surface area contributed by atoms with Crippen LogP contribution in [-0.4, -0.2) is 21.0 Å². The summed E-state index contributed by atoms with van der Waals surface area (Å²) in [5.41, 5.74) is 2.56. The van der Waals surface area contributed by atoms with Gasteiger partial charge in [-0.1, -0.05) is 29.8 Å². The second-order valence-corrected chi connectivity index (χ2v) is 6.60. The van der Waals surface area contributed by atoms with Crippen LogP contribution in [0.5, 0.6) is 0 Å². The molecule has 1 saturated heterocycles. The van der Waals surface area contributed by atoms with Crippen molar-refractivity contribution >= 4 is 34.7 Å². The molecule has 1 aliphatic rings. The number of hydrogen-bond acceptors (Lipinski definition) is 5. The Balaban J connectivity index is 1.79. The van der Waals surface area contributed by atoms with E-state index >= 15 is 0 Å². The molecular weight excluding hydrogens is 340 g/mol. The van der Waals surface area contributed by atoms with E-state index in [0.717, 1.165) is 22.9 Å². The zero-order valence-electron chi connectivity index (χ0n) is 13.3. The van der Waals surface area contributed by atoms with Crippen molar-refractivity contribution in [2.45, 2.75) is 13.5 Å². The third kappa shape index (κ3) is 3.77. The number of carbonyl (C=O) groups is 2. The summed E-state index contributed by atoms with van der Waals surface area (Å²) in [5.74, 6) is -0.352. The van der Waals surface area contributed by atoms with E-state index in [0.29, 0.717) is 10.5 Å². The fraction of sp³-hybridized carbons (Fsp3) is 0.111. The highest BCUT2D eigenvalue weighted by atomic mass is 32.2. The SMILES string of the molecule is Cc1cccc(CN2C(=O)S/C(=C\c3ccc([N+](=O)[O-])cc3)C2=O)c1. The monoisotopic (exact) mass is 354 g/mol. The summed E-state index contributed by atoms with van der Waals surface area (Å²) in [5, 5.41) is 10.4. The Morgan fingerprint density at radius 2 is 1.88 bits per heavy atom. The highest BCUT2D eigenvalue weighted by Crippen LogP contribution is 2.33. The Hall–Kier alpha value is -2.93. The molecule has 0 aliphatic carbocycles. The van der Waals surface area contributed by atoms with Gasteiger partial charge in [0.15, 0.2) is 0 Å².